The summed E-state index contributed by atoms with van der Waals surface area (Å²) < 4.78 is 0. The molecule has 0 aliphatic rings. The second-order valence-corrected chi connectivity index (χ2v) is 2.56. The molecule has 0 rings (SSSR count). The molecule has 0 bridgehead atoms. The Balaban J connectivity index is -0.000000845. The molecule has 0 aromatic rings. The molecule has 8 heteroatoms. The molecule has 0 aliphatic heterocycles. The number of rotatable bonds is 5. The zero-order valence-corrected chi connectivity index (χ0v) is 15.8. The van der Waals surface area contributed by atoms with E-state index in [2.05, 4.69) is 6.58 Å². The molecule has 0 saturated heterocycles. The van der Waals surface area contributed by atoms with Gasteiger partial charge in [0.2, 0.25) is 5.91 Å². The van der Waals surface area contributed by atoms with E-state index in [0.717, 1.165) is 18.0 Å². The van der Waals surface area contributed by atoms with Gasteiger partial charge in [-0.05, 0) is 6.08 Å². The molecule has 1 atom stereocenters. The van der Waals surface area contributed by atoms with Gasteiger partial charge in [-0.2, -0.15) is 0 Å². The fourth-order valence-electron chi connectivity index (χ4n) is 0.834. The van der Waals surface area contributed by atoms with Crippen molar-refractivity contribution in [1.29, 1.82) is 0 Å². The Bertz CT molecular complexity index is 282. The topological polar surface area (TPSA) is 101 Å². The minimum absolute atomic E-state index is 0. The molecule has 0 spiro atoms. The van der Waals surface area contributed by atoms with Crippen LogP contribution in [0.15, 0.2) is 12.7 Å². The Morgan fingerprint density at radius 1 is 1.31 bits per heavy atom. The van der Waals surface area contributed by atoms with Gasteiger partial charge in [0.15, 0.2) is 0 Å². The Morgan fingerprint density at radius 3 is 2.00 bits per heavy atom. The van der Waals surface area contributed by atoms with E-state index in [0.29, 0.717) is 0 Å². The maximum atomic E-state index is 10.9. The number of nitrogens with zero attached hydrogens (tertiary/aromatic N) is 1. The van der Waals surface area contributed by atoms with Gasteiger partial charge in [-0.15, -0.1) is 0 Å². The predicted molar refractivity (Wildman–Crippen MR) is 41.4 cm³/mol. The fraction of sp³-hybridized carbons (Fsp3) is 0.375. The van der Waals surface area contributed by atoms with Crippen LogP contribution in [0.25, 0.3) is 0 Å². The number of aliphatic carboxylic acids is 2. The Kier molecular flexibility index (Phi) is 16.2. The number of hydrogen-bond acceptors (Lipinski definition) is 5. The summed E-state index contributed by atoms with van der Waals surface area (Å²) in [5, 5.41) is 20.6. The molecule has 0 aromatic carbocycles. The third-order valence-corrected chi connectivity index (χ3v) is 1.62. The molecule has 0 saturated carbocycles. The van der Waals surface area contributed by atoms with Crippen LogP contribution in [-0.2, 0) is 14.4 Å². The van der Waals surface area contributed by atoms with Gasteiger partial charge in [0, 0.05) is 19.4 Å². The monoisotopic (exact) mass is 277 g/mol. The molecular formula is C8H9K2NO5. The molecule has 0 aliphatic carbocycles. The average Bonchev–Trinajstić information content (AvgIpc) is 2.11. The van der Waals surface area contributed by atoms with Crippen molar-refractivity contribution >= 4 is 17.8 Å². The van der Waals surface area contributed by atoms with Crippen molar-refractivity contribution in [3.05, 3.63) is 12.7 Å². The molecule has 1 amide bonds. The van der Waals surface area contributed by atoms with Crippen molar-refractivity contribution in [2.45, 2.75) is 12.5 Å². The van der Waals surface area contributed by atoms with E-state index in [-0.39, 0.29) is 103 Å². The first-order valence-electron chi connectivity index (χ1n) is 3.70. The van der Waals surface area contributed by atoms with Gasteiger partial charge in [0.25, 0.3) is 0 Å². The first-order valence-corrected chi connectivity index (χ1v) is 3.70. The number of carbonyl (C=O) groups is 3. The van der Waals surface area contributed by atoms with Crippen molar-refractivity contribution in [2.75, 3.05) is 7.05 Å². The normalized spacial score (nSPS) is 10.1. The summed E-state index contributed by atoms with van der Waals surface area (Å²) in [4.78, 5) is 32.3. The predicted octanol–water partition coefficient (Wildman–Crippen LogP) is -9.10. The Hall–Kier alpha value is 1.42. The van der Waals surface area contributed by atoms with Crippen LogP contribution in [0, 0.1) is 0 Å². The largest absolute Gasteiger partial charge is 1.00 e. The van der Waals surface area contributed by atoms with Crippen molar-refractivity contribution < 1.29 is 127 Å². The number of carbonyl (C=O) groups excluding carboxylic acids is 3. The molecule has 0 fully saturated rings. The Morgan fingerprint density at radius 2 is 1.75 bits per heavy atom. The van der Waals surface area contributed by atoms with Crippen LogP contribution in [0.5, 0.6) is 0 Å². The first-order chi connectivity index (χ1) is 6.40. The van der Waals surface area contributed by atoms with Gasteiger partial charge < -0.3 is 24.7 Å². The van der Waals surface area contributed by atoms with Gasteiger partial charge in [0.05, 0.1) is 12.0 Å². The van der Waals surface area contributed by atoms with Crippen molar-refractivity contribution in [3.63, 3.8) is 0 Å². The molecular weight excluding hydrogens is 268 g/mol. The minimum Gasteiger partial charge on any atom is -0.550 e. The standard InChI is InChI=1S/C8H11NO5.2K/c1-3-6(10)9(2)5(8(13)14)4-7(11)12;;/h3,5H,1,4H2,2H3,(H,11,12)(H,13,14);;/q;2*+1/p-2/t5-;;/m0../s1. The van der Waals surface area contributed by atoms with Crippen LogP contribution in [0.4, 0.5) is 0 Å². The molecule has 0 aromatic heterocycles. The quantitative estimate of drug-likeness (QED) is 0.367. The van der Waals surface area contributed by atoms with Crippen LogP contribution in [0.1, 0.15) is 6.42 Å². The summed E-state index contributed by atoms with van der Waals surface area (Å²) in [6.45, 7) is 3.13. The fourth-order valence-corrected chi connectivity index (χ4v) is 0.834. The first kappa shape index (κ1) is 22.6. The summed E-state index contributed by atoms with van der Waals surface area (Å²) in [6.07, 6.45) is 0.0730. The van der Waals surface area contributed by atoms with E-state index in [1.807, 2.05) is 0 Å². The Labute approximate surface area is 178 Å². The van der Waals surface area contributed by atoms with E-state index in [1.165, 1.54) is 0 Å². The second kappa shape index (κ2) is 11.5. The smallest absolute Gasteiger partial charge is 0.550 e. The van der Waals surface area contributed by atoms with Crippen molar-refractivity contribution in [3.8, 4) is 0 Å². The average molecular weight is 277 g/mol. The van der Waals surface area contributed by atoms with Crippen LogP contribution >= 0.6 is 0 Å². The molecule has 0 heterocycles. The van der Waals surface area contributed by atoms with Gasteiger partial charge in [-0.3, -0.25) is 4.79 Å². The van der Waals surface area contributed by atoms with Crippen LogP contribution in [0.3, 0.4) is 0 Å². The third-order valence-electron chi connectivity index (χ3n) is 1.62. The SMILES string of the molecule is C=CC(=O)N(C)[C@@H](CC(=O)[O-])C(=O)[O-].[K+].[K+]. The van der Waals surface area contributed by atoms with Gasteiger partial charge in [0.1, 0.15) is 0 Å². The van der Waals surface area contributed by atoms with E-state index in [1.54, 1.807) is 0 Å². The minimum atomic E-state index is -1.65. The summed E-state index contributed by atoms with van der Waals surface area (Å²) in [5.41, 5.74) is 0. The molecule has 78 valence electrons. The number of amides is 1. The molecule has 6 nitrogen and oxygen atoms in total. The van der Waals surface area contributed by atoms with Crippen LogP contribution in [-0.4, -0.2) is 35.8 Å². The molecule has 0 radical (unpaired) electrons. The third kappa shape index (κ3) is 8.50. The zero-order chi connectivity index (χ0) is 11.3. The summed E-state index contributed by atoms with van der Waals surface area (Å²) in [7, 11) is 1.15. The van der Waals surface area contributed by atoms with Crippen molar-refractivity contribution in [2.24, 2.45) is 0 Å². The van der Waals surface area contributed by atoms with E-state index < -0.39 is 30.3 Å². The molecule has 0 unspecified atom stereocenters. The van der Waals surface area contributed by atoms with Crippen LogP contribution in [0.2, 0.25) is 0 Å². The van der Waals surface area contributed by atoms with Crippen LogP contribution < -0.4 is 113 Å². The number of hydrogen-bond donors (Lipinski definition) is 0. The van der Waals surface area contributed by atoms with E-state index >= 15 is 0 Å². The van der Waals surface area contributed by atoms with Gasteiger partial charge in [-0.1, -0.05) is 6.58 Å². The second-order valence-electron chi connectivity index (χ2n) is 2.56. The zero-order valence-electron chi connectivity index (χ0n) is 9.56. The molecule has 16 heavy (non-hydrogen) atoms. The van der Waals surface area contributed by atoms with Crippen molar-refractivity contribution in [1.82, 2.24) is 4.90 Å². The number of carboxylic acid groups (broad SMARTS) is 2. The summed E-state index contributed by atoms with van der Waals surface area (Å²) in [6, 6.07) is -1.54. The molecule has 0 N–H and O–H groups in total. The maximum absolute atomic E-state index is 10.9. The van der Waals surface area contributed by atoms with Gasteiger partial charge >= 0.3 is 103 Å². The van der Waals surface area contributed by atoms with E-state index in [4.69, 9.17) is 0 Å². The number of carboxylic acids is 2. The summed E-state index contributed by atoms with van der Waals surface area (Å²) in [5.74, 6) is -3.91. The maximum Gasteiger partial charge on any atom is 1.00 e. The number of likely N-dealkylation sites (N-methyl/N-ethyl adjacent to an activating group) is 1. The van der Waals surface area contributed by atoms with Gasteiger partial charge in [-0.25, -0.2) is 0 Å². The summed E-state index contributed by atoms with van der Waals surface area (Å²) >= 11 is 0. The van der Waals surface area contributed by atoms with E-state index in [9.17, 15) is 24.6 Å².